The first-order valence-electron chi connectivity index (χ1n) is 11.8. The highest BCUT2D eigenvalue weighted by molar-refractivity contribution is 5.82. The minimum Gasteiger partial charge on any atom is -0.474 e. The third-order valence-corrected chi connectivity index (χ3v) is 5.79. The Morgan fingerprint density at radius 2 is 1.97 bits per heavy atom. The Morgan fingerprint density at radius 1 is 1.11 bits per heavy atom. The summed E-state index contributed by atoms with van der Waals surface area (Å²) < 4.78 is 13.8. The van der Waals surface area contributed by atoms with Gasteiger partial charge in [0.15, 0.2) is 17.3 Å². The van der Waals surface area contributed by atoms with Crippen molar-refractivity contribution in [2.75, 3.05) is 25.6 Å². The topological polar surface area (TPSA) is 149 Å². The van der Waals surface area contributed by atoms with Crippen LogP contribution in [0.25, 0.3) is 22.7 Å². The van der Waals surface area contributed by atoms with E-state index in [1.165, 1.54) is 0 Å². The van der Waals surface area contributed by atoms with Crippen LogP contribution in [0.1, 0.15) is 30.0 Å². The molecule has 192 valence electrons. The Balaban J connectivity index is 1.43. The third-order valence-electron chi connectivity index (χ3n) is 5.79. The Labute approximate surface area is 218 Å². The monoisotopic (exact) mass is 511 g/mol. The van der Waals surface area contributed by atoms with Crippen molar-refractivity contribution in [3.05, 3.63) is 71.8 Å². The fraction of sp³-hybridized carbons (Fsp3) is 0.231. The smallest absolute Gasteiger partial charge is 0.233 e. The van der Waals surface area contributed by atoms with Gasteiger partial charge in [-0.3, -0.25) is 4.57 Å². The van der Waals surface area contributed by atoms with Crippen LogP contribution in [0.15, 0.2) is 54.9 Å². The van der Waals surface area contributed by atoms with Gasteiger partial charge in [-0.25, -0.2) is 14.6 Å². The Kier molecular flexibility index (Phi) is 6.94. The second kappa shape index (κ2) is 10.6. The summed E-state index contributed by atoms with van der Waals surface area (Å²) in [6.07, 6.45) is 0.911. The van der Waals surface area contributed by atoms with Crippen LogP contribution in [0.3, 0.4) is 0 Å². The molecule has 5 aromatic rings. The lowest BCUT2D eigenvalue weighted by Crippen LogP contribution is -2.10. The van der Waals surface area contributed by atoms with Crippen LogP contribution in [-0.4, -0.2) is 59.9 Å². The van der Waals surface area contributed by atoms with Gasteiger partial charge in [-0.15, -0.1) is 10.2 Å². The normalized spacial score (nSPS) is 11.9. The van der Waals surface area contributed by atoms with E-state index in [1.54, 1.807) is 49.3 Å². The van der Waals surface area contributed by atoms with E-state index in [9.17, 15) is 10.4 Å². The molecule has 0 amide bonds. The van der Waals surface area contributed by atoms with Gasteiger partial charge in [0, 0.05) is 30.1 Å². The summed E-state index contributed by atoms with van der Waals surface area (Å²) >= 11 is 0. The van der Waals surface area contributed by atoms with Crippen LogP contribution >= 0.6 is 0 Å². The van der Waals surface area contributed by atoms with Crippen molar-refractivity contribution in [2.45, 2.75) is 20.0 Å². The van der Waals surface area contributed by atoms with Crippen LogP contribution in [0, 0.1) is 18.3 Å². The molecule has 0 spiro atoms. The molecule has 1 unspecified atom stereocenters. The number of hydrogen-bond acceptors (Lipinski definition) is 10. The highest BCUT2D eigenvalue weighted by atomic mass is 16.5. The van der Waals surface area contributed by atoms with Gasteiger partial charge in [0.25, 0.3) is 0 Å². The zero-order valence-corrected chi connectivity index (χ0v) is 21.0. The molecular formula is C26H25N9O3. The highest BCUT2D eigenvalue weighted by Gasteiger charge is 2.17. The summed E-state index contributed by atoms with van der Waals surface area (Å²) in [5.74, 6) is 2.03. The molecule has 0 bridgehead atoms. The fourth-order valence-electron chi connectivity index (χ4n) is 3.94. The highest BCUT2D eigenvalue weighted by Crippen LogP contribution is 2.26. The molecule has 4 aromatic heterocycles. The van der Waals surface area contributed by atoms with Gasteiger partial charge in [0.2, 0.25) is 5.88 Å². The maximum atomic E-state index is 10.3. The number of nitriles is 1. The summed E-state index contributed by atoms with van der Waals surface area (Å²) in [5, 5.41) is 35.3. The summed E-state index contributed by atoms with van der Waals surface area (Å²) in [7, 11) is 1.61. The first-order valence-corrected chi connectivity index (χ1v) is 11.8. The average molecular weight is 512 g/mol. The molecule has 2 N–H and O–H groups in total. The molecule has 5 rings (SSSR count). The van der Waals surface area contributed by atoms with Gasteiger partial charge in [-0.2, -0.15) is 10.4 Å². The van der Waals surface area contributed by atoms with Crippen LogP contribution in [0.5, 0.6) is 5.88 Å². The van der Waals surface area contributed by atoms with Crippen molar-refractivity contribution >= 4 is 22.5 Å². The number of hydrogen-bond donors (Lipinski definition) is 2. The number of fused-ring (bicyclic) bond motifs is 1. The summed E-state index contributed by atoms with van der Waals surface area (Å²) in [4.78, 5) is 9.34. The molecule has 0 radical (unpaired) electrons. The van der Waals surface area contributed by atoms with E-state index >= 15 is 0 Å². The minimum absolute atomic E-state index is 0.275. The number of aliphatic hydroxyl groups excluding tert-OH is 1. The van der Waals surface area contributed by atoms with E-state index in [1.807, 2.05) is 41.8 Å². The van der Waals surface area contributed by atoms with Crippen molar-refractivity contribution < 1.29 is 14.6 Å². The van der Waals surface area contributed by atoms with Crippen molar-refractivity contribution in [1.29, 1.82) is 5.26 Å². The number of rotatable bonds is 9. The number of imidazole rings is 1. The predicted octanol–water partition coefficient (Wildman–Crippen LogP) is 3.40. The van der Waals surface area contributed by atoms with Crippen molar-refractivity contribution in [2.24, 2.45) is 0 Å². The maximum Gasteiger partial charge on any atom is 0.233 e. The largest absolute Gasteiger partial charge is 0.474 e. The molecule has 0 fully saturated rings. The van der Waals surface area contributed by atoms with E-state index < -0.39 is 6.10 Å². The van der Waals surface area contributed by atoms with Gasteiger partial charge < -0.3 is 19.9 Å². The van der Waals surface area contributed by atoms with Crippen molar-refractivity contribution in [3.8, 4) is 23.6 Å². The van der Waals surface area contributed by atoms with Gasteiger partial charge in [-0.1, -0.05) is 0 Å². The number of benzene rings is 1. The van der Waals surface area contributed by atoms with Crippen LogP contribution in [0.2, 0.25) is 0 Å². The molecule has 38 heavy (non-hydrogen) atoms. The Hall–Kier alpha value is -4.86. The number of aliphatic hydroxyl groups is 1. The van der Waals surface area contributed by atoms with Gasteiger partial charge in [-0.05, 0) is 56.3 Å². The molecular weight excluding hydrogens is 486 g/mol. The van der Waals surface area contributed by atoms with Crippen LogP contribution in [-0.2, 0) is 4.74 Å². The van der Waals surface area contributed by atoms with E-state index in [2.05, 4.69) is 25.6 Å². The van der Waals surface area contributed by atoms with Crippen LogP contribution in [0.4, 0.5) is 11.5 Å². The molecule has 0 aliphatic carbocycles. The van der Waals surface area contributed by atoms with Crippen LogP contribution < -0.4 is 10.1 Å². The number of ether oxygens (including phenoxy) is 2. The average Bonchev–Trinajstić information content (AvgIpc) is 3.52. The number of nitrogens with zero attached hydrogens (tertiary/aromatic N) is 8. The fourth-order valence-corrected chi connectivity index (χ4v) is 3.94. The number of nitrogens with one attached hydrogen (secondary N) is 1. The molecule has 12 nitrogen and oxygen atoms in total. The quantitative estimate of drug-likeness (QED) is 0.282. The van der Waals surface area contributed by atoms with Crippen molar-refractivity contribution in [1.82, 2.24) is 34.5 Å². The predicted molar refractivity (Wildman–Crippen MR) is 139 cm³/mol. The van der Waals surface area contributed by atoms with Crippen molar-refractivity contribution in [3.63, 3.8) is 0 Å². The molecule has 0 saturated carbocycles. The number of aromatic nitrogens is 7. The molecule has 12 heteroatoms. The lowest BCUT2D eigenvalue weighted by molar-refractivity contribution is 0.143. The molecule has 0 saturated heterocycles. The van der Waals surface area contributed by atoms with Gasteiger partial charge in [0.1, 0.15) is 24.8 Å². The number of methoxy groups -OCH3 is 1. The standard InChI is InChI=1S/C26H25N9O3/c1-16-12-19(14-27)33-35(16)26-20(17(2)36)5-8-24(30-26)34-15-28-21-13-18(4-6-22(21)34)29-23-7-9-25(32-31-23)38-11-10-37-3/h4-9,12-13,15,17,36H,10-11H2,1-3H3,(H,29,31). The first-order chi connectivity index (χ1) is 18.5. The number of aryl methyl sites for hydroxylation is 1. The maximum absolute atomic E-state index is 10.3. The molecule has 0 aliphatic rings. The third kappa shape index (κ3) is 5.01. The summed E-state index contributed by atoms with van der Waals surface area (Å²) in [6, 6.07) is 16.6. The second-order valence-corrected chi connectivity index (χ2v) is 8.49. The second-order valence-electron chi connectivity index (χ2n) is 8.49. The number of pyridine rings is 1. The molecule has 0 aliphatic heterocycles. The van der Waals surface area contributed by atoms with E-state index in [0.717, 1.165) is 22.4 Å². The Morgan fingerprint density at radius 3 is 2.68 bits per heavy atom. The molecule has 1 atom stereocenters. The Bertz CT molecular complexity index is 1620. The lowest BCUT2D eigenvalue weighted by atomic mass is 10.1. The van der Waals surface area contributed by atoms with E-state index in [-0.39, 0.29) is 5.69 Å². The number of anilines is 2. The SMILES string of the molecule is COCCOc1ccc(Nc2ccc3c(c2)ncn3-c2ccc(C(C)O)c(-n3nc(C#N)cc3C)n2)nn1. The summed E-state index contributed by atoms with van der Waals surface area (Å²) in [6.45, 7) is 4.37. The zero-order chi connectivity index (χ0) is 26.6. The summed E-state index contributed by atoms with van der Waals surface area (Å²) in [5.41, 5.74) is 3.97. The first kappa shape index (κ1) is 24.8. The minimum atomic E-state index is -0.775. The van der Waals surface area contributed by atoms with Gasteiger partial charge >= 0.3 is 0 Å². The molecule has 1 aromatic carbocycles. The zero-order valence-electron chi connectivity index (χ0n) is 21.0. The van der Waals surface area contributed by atoms with E-state index in [0.29, 0.717) is 42.1 Å². The lowest BCUT2D eigenvalue weighted by Gasteiger charge is -2.14. The molecule has 4 heterocycles. The van der Waals surface area contributed by atoms with E-state index in [4.69, 9.17) is 14.5 Å². The van der Waals surface area contributed by atoms with Gasteiger partial charge in [0.05, 0.1) is 23.7 Å².